The third kappa shape index (κ3) is 5.72. The maximum absolute atomic E-state index is 12.6. The summed E-state index contributed by atoms with van der Waals surface area (Å²) >= 11 is 7.43. The lowest BCUT2D eigenvalue weighted by Gasteiger charge is -2.32. The van der Waals surface area contributed by atoms with Crippen LogP contribution >= 0.6 is 22.9 Å². The summed E-state index contributed by atoms with van der Waals surface area (Å²) in [4.78, 5) is 27.8. The van der Waals surface area contributed by atoms with Crippen LogP contribution < -0.4 is 10.1 Å². The molecule has 2 heterocycles. The molecule has 1 aliphatic rings. The van der Waals surface area contributed by atoms with Crippen LogP contribution in [0.2, 0.25) is 4.34 Å². The zero-order valence-electron chi connectivity index (χ0n) is 15.9. The van der Waals surface area contributed by atoms with E-state index in [1.54, 1.807) is 12.1 Å². The maximum Gasteiger partial charge on any atom is 0.253 e. The number of carbonyl (C=O) groups is 2. The molecule has 0 aliphatic carbocycles. The van der Waals surface area contributed by atoms with Crippen molar-refractivity contribution in [3.8, 4) is 5.75 Å². The van der Waals surface area contributed by atoms with Crippen molar-refractivity contribution in [2.45, 2.75) is 38.6 Å². The molecule has 1 saturated heterocycles. The first-order valence-electron chi connectivity index (χ1n) is 9.61. The standard InChI is InChI=1S/C21H25ClN2O3S/c1-2-27-17-5-3-15(4-6-17)21(26)24-13-11-16(12-14-24)23-20(25)10-8-18-7-9-19(22)28-18/h3-7,9,16H,2,8,10-14H2,1H3,(H,23,25). The van der Waals surface area contributed by atoms with Crippen molar-refractivity contribution in [3.05, 3.63) is 51.2 Å². The number of thiophene rings is 1. The first kappa shape index (κ1) is 20.7. The van der Waals surface area contributed by atoms with Crippen LogP contribution in [0.1, 0.15) is 41.4 Å². The van der Waals surface area contributed by atoms with E-state index in [1.165, 1.54) is 11.3 Å². The summed E-state index contributed by atoms with van der Waals surface area (Å²) < 4.78 is 6.17. The van der Waals surface area contributed by atoms with Gasteiger partial charge in [0.05, 0.1) is 10.9 Å². The first-order valence-corrected chi connectivity index (χ1v) is 10.8. The molecule has 1 aromatic carbocycles. The number of ether oxygens (including phenoxy) is 1. The molecule has 0 bridgehead atoms. The highest BCUT2D eigenvalue weighted by Gasteiger charge is 2.24. The van der Waals surface area contributed by atoms with Crippen molar-refractivity contribution >= 4 is 34.8 Å². The number of benzene rings is 1. The summed E-state index contributed by atoms with van der Waals surface area (Å²) in [5.74, 6) is 0.855. The molecule has 2 amide bonds. The average Bonchev–Trinajstić information content (AvgIpc) is 3.13. The van der Waals surface area contributed by atoms with Gasteiger partial charge in [0.25, 0.3) is 5.91 Å². The van der Waals surface area contributed by atoms with E-state index in [0.717, 1.165) is 27.8 Å². The predicted molar refractivity (Wildman–Crippen MR) is 112 cm³/mol. The number of carbonyl (C=O) groups excluding carboxylic acids is 2. The SMILES string of the molecule is CCOc1ccc(C(=O)N2CCC(NC(=O)CCc3ccc(Cl)s3)CC2)cc1. The van der Waals surface area contributed by atoms with Gasteiger partial charge in [-0.15, -0.1) is 11.3 Å². The fourth-order valence-corrected chi connectivity index (χ4v) is 4.38. The van der Waals surface area contributed by atoms with Gasteiger partial charge in [0.2, 0.25) is 5.91 Å². The molecular weight excluding hydrogens is 396 g/mol. The molecule has 5 nitrogen and oxygen atoms in total. The molecule has 1 aliphatic heterocycles. The lowest BCUT2D eigenvalue weighted by atomic mass is 10.0. The lowest BCUT2D eigenvalue weighted by Crippen LogP contribution is -2.46. The summed E-state index contributed by atoms with van der Waals surface area (Å²) in [5, 5.41) is 3.09. The predicted octanol–water partition coefficient (Wildman–Crippen LogP) is 4.15. The van der Waals surface area contributed by atoms with Crippen LogP contribution in [0, 0.1) is 0 Å². The lowest BCUT2D eigenvalue weighted by molar-refractivity contribution is -0.122. The average molecular weight is 421 g/mol. The maximum atomic E-state index is 12.6. The Morgan fingerprint density at radius 2 is 1.89 bits per heavy atom. The molecule has 0 saturated carbocycles. The van der Waals surface area contributed by atoms with Crippen LogP contribution in [-0.2, 0) is 11.2 Å². The Labute approximate surface area is 174 Å². The molecule has 1 N–H and O–H groups in total. The van der Waals surface area contributed by atoms with E-state index in [9.17, 15) is 9.59 Å². The molecule has 28 heavy (non-hydrogen) atoms. The summed E-state index contributed by atoms with van der Waals surface area (Å²) in [6, 6.07) is 11.2. The number of hydrogen-bond donors (Lipinski definition) is 1. The van der Waals surface area contributed by atoms with E-state index in [0.29, 0.717) is 38.1 Å². The largest absolute Gasteiger partial charge is 0.494 e. The number of piperidine rings is 1. The molecule has 0 spiro atoms. The number of amides is 2. The van der Waals surface area contributed by atoms with E-state index in [1.807, 2.05) is 36.1 Å². The quantitative estimate of drug-likeness (QED) is 0.731. The Morgan fingerprint density at radius 1 is 1.18 bits per heavy atom. The number of aryl methyl sites for hydroxylation is 1. The van der Waals surface area contributed by atoms with Gasteiger partial charge in [-0.25, -0.2) is 0 Å². The molecule has 1 aromatic heterocycles. The minimum absolute atomic E-state index is 0.0300. The van der Waals surface area contributed by atoms with Crippen LogP contribution in [0.3, 0.4) is 0 Å². The van der Waals surface area contributed by atoms with E-state index in [2.05, 4.69) is 5.32 Å². The number of hydrogen-bond acceptors (Lipinski definition) is 4. The molecule has 0 unspecified atom stereocenters. The van der Waals surface area contributed by atoms with Gasteiger partial charge >= 0.3 is 0 Å². The molecule has 0 radical (unpaired) electrons. The second-order valence-electron chi connectivity index (χ2n) is 6.80. The molecule has 0 atom stereocenters. The highest BCUT2D eigenvalue weighted by Crippen LogP contribution is 2.22. The molecule has 1 fully saturated rings. The highest BCUT2D eigenvalue weighted by atomic mass is 35.5. The van der Waals surface area contributed by atoms with Crippen molar-refractivity contribution in [2.75, 3.05) is 19.7 Å². The second-order valence-corrected chi connectivity index (χ2v) is 8.60. The summed E-state index contributed by atoms with van der Waals surface area (Å²) in [6.45, 7) is 3.84. The van der Waals surface area contributed by atoms with Gasteiger partial charge in [0.15, 0.2) is 0 Å². The minimum atomic E-state index is 0.0300. The van der Waals surface area contributed by atoms with Crippen molar-refractivity contribution < 1.29 is 14.3 Å². The van der Waals surface area contributed by atoms with Crippen molar-refractivity contribution in [3.63, 3.8) is 0 Å². The van der Waals surface area contributed by atoms with Crippen LogP contribution in [0.5, 0.6) is 5.75 Å². The zero-order chi connectivity index (χ0) is 19.9. The monoisotopic (exact) mass is 420 g/mol. The van der Waals surface area contributed by atoms with Crippen LogP contribution in [0.4, 0.5) is 0 Å². The second kappa shape index (κ2) is 9.94. The van der Waals surface area contributed by atoms with Crippen LogP contribution in [0.15, 0.2) is 36.4 Å². The number of halogens is 1. The fourth-order valence-electron chi connectivity index (χ4n) is 3.29. The van der Waals surface area contributed by atoms with Gasteiger partial charge in [-0.2, -0.15) is 0 Å². The van der Waals surface area contributed by atoms with Gasteiger partial charge in [-0.1, -0.05) is 11.6 Å². The Kier molecular flexibility index (Phi) is 7.34. The molecule has 2 aromatic rings. The van der Waals surface area contributed by atoms with E-state index in [4.69, 9.17) is 16.3 Å². The number of rotatable bonds is 7. The van der Waals surface area contributed by atoms with E-state index >= 15 is 0 Å². The van der Waals surface area contributed by atoms with Crippen molar-refractivity contribution in [2.24, 2.45) is 0 Å². The number of nitrogens with zero attached hydrogens (tertiary/aromatic N) is 1. The van der Waals surface area contributed by atoms with Crippen LogP contribution in [0.25, 0.3) is 0 Å². The number of nitrogens with one attached hydrogen (secondary N) is 1. The van der Waals surface area contributed by atoms with Gasteiger partial charge in [0.1, 0.15) is 5.75 Å². The van der Waals surface area contributed by atoms with Gasteiger partial charge in [0, 0.05) is 36.0 Å². The smallest absolute Gasteiger partial charge is 0.253 e. The number of likely N-dealkylation sites (tertiary alicyclic amines) is 1. The Morgan fingerprint density at radius 3 is 2.50 bits per heavy atom. The normalized spacial score (nSPS) is 14.7. The summed E-state index contributed by atoms with van der Waals surface area (Å²) in [6.07, 6.45) is 2.72. The molecule has 3 rings (SSSR count). The Bertz CT molecular complexity index is 798. The Balaban J connectivity index is 1.42. The molecule has 150 valence electrons. The summed E-state index contributed by atoms with van der Waals surface area (Å²) in [5.41, 5.74) is 0.667. The highest BCUT2D eigenvalue weighted by molar-refractivity contribution is 7.16. The Hall–Kier alpha value is -2.05. The van der Waals surface area contributed by atoms with Gasteiger partial charge in [-0.3, -0.25) is 9.59 Å². The molecular formula is C21H25ClN2O3S. The zero-order valence-corrected chi connectivity index (χ0v) is 17.5. The molecule has 7 heteroatoms. The topological polar surface area (TPSA) is 58.6 Å². The van der Waals surface area contributed by atoms with Gasteiger partial charge in [-0.05, 0) is 62.6 Å². The third-order valence-electron chi connectivity index (χ3n) is 4.79. The van der Waals surface area contributed by atoms with Crippen molar-refractivity contribution in [1.29, 1.82) is 0 Å². The fraction of sp³-hybridized carbons (Fsp3) is 0.429. The summed E-state index contributed by atoms with van der Waals surface area (Å²) in [7, 11) is 0. The minimum Gasteiger partial charge on any atom is -0.494 e. The van der Waals surface area contributed by atoms with Crippen LogP contribution in [-0.4, -0.2) is 42.5 Å². The van der Waals surface area contributed by atoms with Gasteiger partial charge < -0.3 is 15.0 Å². The third-order valence-corrected chi connectivity index (χ3v) is 6.08. The van der Waals surface area contributed by atoms with E-state index in [-0.39, 0.29) is 17.9 Å². The first-order chi connectivity index (χ1) is 13.5. The van der Waals surface area contributed by atoms with E-state index < -0.39 is 0 Å². The van der Waals surface area contributed by atoms with Crippen molar-refractivity contribution in [1.82, 2.24) is 10.2 Å².